The molecule has 0 fully saturated rings. The number of nitrogens with one attached hydrogen (secondary N) is 1. The molecule has 0 saturated heterocycles. The molecule has 0 aliphatic carbocycles. The number of tetrazole rings is 1. The first kappa shape index (κ1) is 23.3. The molecule has 1 N–H and O–H groups in total. The monoisotopic (exact) mass is 462 g/mol. The van der Waals surface area contributed by atoms with Crippen LogP contribution in [0, 0.1) is 0 Å². The molecule has 34 heavy (non-hydrogen) atoms. The molecule has 2 aromatic carbocycles. The third-order valence-corrected chi connectivity index (χ3v) is 5.93. The average Bonchev–Trinajstić information content (AvgIpc) is 3.50. The Kier molecular flexibility index (Phi) is 7.10. The lowest BCUT2D eigenvalue weighted by Gasteiger charge is -2.11. The number of rotatable bonds is 9. The van der Waals surface area contributed by atoms with Crippen molar-refractivity contribution in [2.75, 3.05) is 0 Å². The van der Waals surface area contributed by atoms with Gasteiger partial charge >= 0.3 is 5.69 Å². The molecule has 0 atom stereocenters. The molecule has 0 aliphatic heterocycles. The summed E-state index contributed by atoms with van der Waals surface area (Å²) in [5.41, 5.74) is 4.00. The van der Waals surface area contributed by atoms with Crippen LogP contribution in [0.3, 0.4) is 0 Å². The van der Waals surface area contributed by atoms with Crippen molar-refractivity contribution >= 4 is 5.91 Å². The smallest absolute Gasteiger partial charge is 0.291 e. The maximum Gasteiger partial charge on any atom is 0.335 e. The van der Waals surface area contributed by atoms with Crippen molar-refractivity contribution in [2.45, 2.75) is 52.8 Å². The van der Waals surface area contributed by atoms with Gasteiger partial charge in [0.15, 0.2) is 5.82 Å². The third kappa shape index (κ3) is 4.46. The summed E-state index contributed by atoms with van der Waals surface area (Å²) in [6.07, 6.45) is 2.40. The first-order chi connectivity index (χ1) is 16.6. The van der Waals surface area contributed by atoms with Crippen LogP contribution in [-0.4, -0.2) is 35.7 Å². The second kappa shape index (κ2) is 10.4. The lowest BCUT2D eigenvalue weighted by Crippen LogP contribution is -2.30. The highest BCUT2D eigenvalue weighted by molar-refractivity contribution is 5.80. The van der Waals surface area contributed by atoms with Crippen molar-refractivity contribution in [1.29, 1.82) is 0 Å². The topological polar surface area (TPSA) is 98.5 Å². The van der Waals surface area contributed by atoms with Gasteiger partial charge in [-0.3, -0.25) is 9.36 Å². The van der Waals surface area contributed by atoms with Crippen LogP contribution in [-0.2, 0) is 19.6 Å². The SMILES string of the molecule is CCCCc1c(CF)n(C(=O)CC)c(=O)n1Cc1ccc(-c2ccccc2-c2nnn[nH]2)cc1. The standard InChI is InChI=1S/C25H27FN6O2/c1-3-5-10-21-22(15-26)32(23(33)4-2)25(34)31(21)16-17-11-13-18(14-12-17)19-8-6-7-9-20(19)24-27-29-30-28-24/h6-9,11-14H,3-5,10,15-16H2,1-2H3,(H,27,28,29,30). The van der Waals surface area contributed by atoms with Crippen LogP contribution in [0.15, 0.2) is 53.3 Å². The minimum atomic E-state index is -0.848. The molecule has 176 valence electrons. The number of carbonyl (C=O) groups excluding carboxylic acids is 1. The predicted molar refractivity (Wildman–Crippen MR) is 127 cm³/mol. The summed E-state index contributed by atoms with van der Waals surface area (Å²) in [5.74, 6) is 0.190. The number of nitrogens with zero attached hydrogens (tertiary/aromatic N) is 5. The van der Waals surface area contributed by atoms with Crippen LogP contribution in [0.5, 0.6) is 0 Å². The molecule has 2 aromatic heterocycles. The fourth-order valence-corrected chi connectivity index (χ4v) is 4.16. The molecular formula is C25H27FN6O2. The maximum absolute atomic E-state index is 14.0. The van der Waals surface area contributed by atoms with Crippen molar-refractivity contribution in [3.63, 3.8) is 0 Å². The van der Waals surface area contributed by atoms with Crippen LogP contribution < -0.4 is 5.69 Å². The van der Waals surface area contributed by atoms with E-state index >= 15 is 0 Å². The van der Waals surface area contributed by atoms with Gasteiger partial charge in [-0.05, 0) is 40.0 Å². The number of aromatic amines is 1. The normalized spacial score (nSPS) is 11.1. The Labute approximate surface area is 196 Å². The van der Waals surface area contributed by atoms with Crippen LogP contribution in [0.1, 0.15) is 54.9 Å². The molecule has 0 saturated carbocycles. The minimum absolute atomic E-state index is 0.138. The number of hydrogen-bond acceptors (Lipinski definition) is 5. The van der Waals surface area contributed by atoms with E-state index in [0.717, 1.165) is 39.7 Å². The van der Waals surface area contributed by atoms with Gasteiger partial charge in [0.1, 0.15) is 6.67 Å². The largest absolute Gasteiger partial charge is 0.335 e. The molecular weight excluding hydrogens is 435 g/mol. The Bertz CT molecular complexity index is 1320. The molecule has 0 unspecified atom stereocenters. The zero-order chi connectivity index (χ0) is 24.1. The number of imidazole rings is 1. The minimum Gasteiger partial charge on any atom is -0.291 e. The number of aromatic nitrogens is 6. The highest BCUT2D eigenvalue weighted by Gasteiger charge is 2.23. The first-order valence-corrected chi connectivity index (χ1v) is 11.4. The highest BCUT2D eigenvalue weighted by atomic mass is 19.1. The number of unbranched alkanes of at least 4 members (excludes halogenated alkanes) is 1. The Hall–Kier alpha value is -3.88. The molecule has 0 spiro atoms. The summed E-state index contributed by atoms with van der Waals surface area (Å²) >= 11 is 0. The zero-order valence-corrected chi connectivity index (χ0v) is 19.3. The molecule has 0 radical (unpaired) electrons. The van der Waals surface area contributed by atoms with Crippen LogP contribution in [0.2, 0.25) is 0 Å². The summed E-state index contributed by atoms with van der Waals surface area (Å²) in [4.78, 5) is 25.5. The molecule has 0 amide bonds. The molecule has 0 aliphatic rings. The van der Waals surface area contributed by atoms with Crippen molar-refractivity contribution in [3.8, 4) is 22.5 Å². The van der Waals surface area contributed by atoms with Crippen molar-refractivity contribution in [1.82, 2.24) is 29.8 Å². The first-order valence-electron chi connectivity index (χ1n) is 11.4. The Morgan fingerprint density at radius 3 is 2.38 bits per heavy atom. The Balaban J connectivity index is 1.69. The zero-order valence-electron chi connectivity index (χ0n) is 19.3. The van der Waals surface area contributed by atoms with Gasteiger partial charge in [0.25, 0.3) is 0 Å². The quantitative estimate of drug-likeness (QED) is 0.397. The van der Waals surface area contributed by atoms with E-state index in [0.29, 0.717) is 17.9 Å². The maximum atomic E-state index is 14.0. The van der Waals surface area contributed by atoms with E-state index in [2.05, 4.69) is 20.6 Å². The van der Waals surface area contributed by atoms with Crippen LogP contribution >= 0.6 is 0 Å². The lowest BCUT2D eigenvalue weighted by molar-refractivity contribution is 0.0898. The molecule has 4 rings (SSSR count). The molecule has 8 nitrogen and oxygen atoms in total. The number of hydrogen-bond donors (Lipinski definition) is 1. The molecule has 4 aromatic rings. The van der Waals surface area contributed by atoms with E-state index in [4.69, 9.17) is 0 Å². The second-order valence-corrected chi connectivity index (χ2v) is 8.07. The van der Waals surface area contributed by atoms with Crippen LogP contribution in [0.4, 0.5) is 4.39 Å². The number of carbonyl (C=O) groups is 1. The van der Waals surface area contributed by atoms with Gasteiger partial charge in [-0.2, -0.15) is 0 Å². The highest BCUT2D eigenvalue weighted by Crippen LogP contribution is 2.30. The van der Waals surface area contributed by atoms with Gasteiger partial charge in [0.2, 0.25) is 5.91 Å². The number of halogens is 1. The lowest BCUT2D eigenvalue weighted by atomic mass is 9.98. The van der Waals surface area contributed by atoms with Crippen molar-refractivity contribution in [3.05, 3.63) is 76.0 Å². The Morgan fingerprint density at radius 2 is 1.76 bits per heavy atom. The predicted octanol–water partition coefficient (Wildman–Crippen LogP) is 4.41. The fourth-order valence-electron chi connectivity index (χ4n) is 4.16. The third-order valence-electron chi connectivity index (χ3n) is 5.93. The number of benzene rings is 2. The summed E-state index contributed by atoms with van der Waals surface area (Å²) in [6.45, 7) is 3.13. The number of alkyl halides is 1. The van der Waals surface area contributed by atoms with Crippen molar-refractivity contribution in [2.24, 2.45) is 0 Å². The van der Waals surface area contributed by atoms with E-state index in [-0.39, 0.29) is 24.6 Å². The summed E-state index contributed by atoms with van der Waals surface area (Å²) in [6, 6.07) is 15.6. The van der Waals surface area contributed by atoms with Crippen molar-refractivity contribution < 1.29 is 9.18 Å². The van der Waals surface area contributed by atoms with E-state index in [9.17, 15) is 14.0 Å². The molecule has 2 heterocycles. The van der Waals surface area contributed by atoms with E-state index in [1.165, 1.54) is 0 Å². The van der Waals surface area contributed by atoms with Gasteiger partial charge in [-0.15, -0.1) is 5.10 Å². The van der Waals surface area contributed by atoms with E-state index in [1.807, 2.05) is 55.5 Å². The second-order valence-electron chi connectivity index (χ2n) is 8.07. The average molecular weight is 463 g/mol. The van der Waals surface area contributed by atoms with Gasteiger partial charge in [-0.1, -0.05) is 68.8 Å². The fraction of sp³-hybridized carbons (Fsp3) is 0.320. The van der Waals surface area contributed by atoms with Gasteiger partial charge in [0.05, 0.1) is 12.2 Å². The van der Waals surface area contributed by atoms with Gasteiger partial charge in [-0.25, -0.2) is 18.9 Å². The summed E-state index contributed by atoms with van der Waals surface area (Å²) in [5, 5.41) is 14.1. The molecule has 0 bridgehead atoms. The molecule has 9 heteroatoms. The van der Waals surface area contributed by atoms with E-state index < -0.39 is 12.4 Å². The summed E-state index contributed by atoms with van der Waals surface area (Å²) in [7, 11) is 0. The van der Waals surface area contributed by atoms with Gasteiger partial charge < -0.3 is 0 Å². The van der Waals surface area contributed by atoms with E-state index in [1.54, 1.807) is 11.5 Å². The summed E-state index contributed by atoms with van der Waals surface area (Å²) < 4.78 is 16.5. The number of H-pyrrole nitrogens is 1. The van der Waals surface area contributed by atoms with Gasteiger partial charge in [0, 0.05) is 17.7 Å². The Morgan fingerprint density at radius 1 is 1.03 bits per heavy atom. The van der Waals surface area contributed by atoms with Crippen LogP contribution in [0.25, 0.3) is 22.5 Å².